The largest absolute Gasteiger partial charge is 0.486 e. The zero-order chi connectivity index (χ0) is 20.4. The van der Waals surface area contributed by atoms with Crippen LogP contribution < -0.4 is 9.47 Å². The van der Waals surface area contributed by atoms with Crippen molar-refractivity contribution in [2.45, 2.75) is 50.6 Å². The Bertz CT molecular complexity index is 851. The summed E-state index contributed by atoms with van der Waals surface area (Å²) in [6.07, 6.45) is -1.18. The number of ether oxygens (including phenoxy) is 3. The SMILES string of the molecule is CCc1ccc([C@H]2C[C@@H](O)[C@H](O)[C@@H](CO)O2)cc1Cc1ccc2c(c1)OCCO2. The smallest absolute Gasteiger partial charge is 0.161 e. The minimum Gasteiger partial charge on any atom is -0.486 e. The van der Waals surface area contributed by atoms with Gasteiger partial charge in [-0.05, 0) is 47.2 Å². The first kappa shape index (κ1) is 20.2. The van der Waals surface area contributed by atoms with Gasteiger partial charge in [0.25, 0.3) is 0 Å². The molecular weight excluding hydrogens is 372 g/mol. The predicted octanol–water partition coefficient (Wildman–Crippen LogP) is 2.16. The van der Waals surface area contributed by atoms with Crippen molar-refractivity contribution < 1.29 is 29.5 Å². The minimum atomic E-state index is -1.07. The van der Waals surface area contributed by atoms with Crippen molar-refractivity contribution in [3.05, 3.63) is 58.7 Å². The van der Waals surface area contributed by atoms with E-state index in [-0.39, 0.29) is 12.7 Å². The summed E-state index contributed by atoms with van der Waals surface area (Å²) >= 11 is 0. The summed E-state index contributed by atoms with van der Waals surface area (Å²) in [5, 5.41) is 29.6. The van der Waals surface area contributed by atoms with Crippen molar-refractivity contribution in [1.29, 1.82) is 0 Å². The molecule has 6 nitrogen and oxygen atoms in total. The highest BCUT2D eigenvalue weighted by molar-refractivity contribution is 5.46. The van der Waals surface area contributed by atoms with Crippen molar-refractivity contribution in [2.24, 2.45) is 0 Å². The molecule has 6 heteroatoms. The fourth-order valence-corrected chi connectivity index (χ4v) is 4.09. The fourth-order valence-electron chi connectivity index (χ4n) is 4.09. The molecule has 4 rings (SSSR count). The molecular formula is C23H28O6. The van der Waals surface area contributed by atoms with Crippen LogP contribution in [0.5, 0.6) is 11.5 Å². The number of hydrogen-bond donors (Lipinski definition) is 3. The van der Waals surface area contributed by atoms with Crippen LogP contribution in [0.1, 0.15) is 41.7 Å². The maximum atomic E-state index is 10.2. The summed E-state index contributed by atoms with van der Waals surface area (Å²) in [5.41, 5.74) is 4.51. The number of benzene rings is 2. The van der Waals surface area contributed by atoms with E-state index in [0.717, 1.165) is 35.5 Å². The summed E-state index contributed by atoms with van der Waals surface area (Å²) in [5.74, 6) is 1.56. The van der Waals surface area contributed by atoms with Crippen LogP contribution in [0.4, 0.5) is 0 Å². The Hall–Kier alpha value is -2.12. The van der Waals surface area contributed by atoms with Crippen molar-refractivity contribution in [1.82, 2.24) is 0 Å². The molecule has 2 aliphatic rings. The van der Waals surface area contributed by atoms with Gasteiger partial charge >= 0.3 is 0 Å². The molecule has 0 unspecified atom stereocenters. The van der Waals surface area contributed by atoms with Crippen molar-refractivity contribution in [3.63, 3.8) is 0 Å². The van der Waals surface area contributed by atoms with E-state index in [2.05, 4.69) is 25.1 Å². The first-order valence-corrected chi connectivity index (χ1v) is 10.2. The van der Waals surface area contributed by atoms with Gasteiger partial charge in [0.1, 0.15) is 25.4 Å². The van der Waals surface area contributed by atoms with E-state index in [1.807, 2.05) is 18.2 Å². The molecule has 2 aromatic carbocycles. The third kappa shape index (κ3) is 4.26. The van der Waals surface area contributed by atoms with E-state index in [4.69, 9.17) is 14.2 Å². The molecule has 0 aromatic heterocycles. The molecule has 2 aliphatic heterocycles. The molecule has 0 bridgehead atoms. The quantitative estimate of drug-likeness (QED) is 0.713. The molecule has 0 saturated carbocycles. The molecule has 1 saturated heterocycles. The minimum absolute atomic E-state index is 0.298. The van der Waals surface area contributed by atoms with Crippen molar-refractivity contribution in [3.8, 4) is 11.5 Å². The average molecular weight is 400 g/mol. The highest BCUT2D eigenvalue weighted by atomic mass is 16.6. The molecule has 1 fully saturated rings. The first-order chi connectivity index (χ1) is 14.1. The van der Waals surface area contributed by atoms with E-state index >= 15 is 0 Å². The summed E-state index contributed by atoms with van der Waals surface area (Å²) in [6, 6.07) is 12.2. The van der Waals surface area contributed by atoms with Gasteiger partial charge in [0.05, 0.1) is 18.8 Å². The molecule has 4 atom stereocenters. The Labute approximate surface area is 170 Å². The number of aliphatic hydroxyl groups excluding tert-OH is 3. The van der Waals surface area contributed by atoms with E-state index in [1.54, 1.807) is 0 Å². The van der Waals surface area contributed by atoms with Crippen LogP contribution >= 0.6 is 0 Å². The van der Waals surface area contributed by atoms with Crippen LogP contribution in [-0.4, -0.2) is 53.5 Å². The molecule has 3 N–H and O–H groups in total. The molecule has 0 spiro atoms. The number of aryl methyl sites for hydroxylation is 1. The summed E-state index contributed by atoms with van der Waals surface area (Å²) < 4.78 is 17.2. The number of hydrogen-bond acceptors (Lipinski definition) is 6. The Kier molecular flexibility index (Phi) is 6.06. The van der Waals surface area contributed by atoms with Gasteiger partial charge in [0, 0.05) is 6.42 Å². The molecule has 156 valence electrons. The third-order valence-electron chi connectivity index (χ3n) is 5.73. The first-order valence-electron chi connectivity index (χ1n) is 10.2. The van der Waals surface area contributed by atoms with E-state index in [9.17, 15) is 15.3 Å². The maximum absolute atomic E-state index is 10.2. The third-order valence-corrected chi connectivity index (χ3v) is 5.73. The molecule has 2 aromatic rings. The highest BCUT2D eigenvalue weighted by Gasteiger charge is 2.37. The van der Waals surface area contributed by atoms with Crippen LogP contribution in [-0.2, 0) is 17.6 Å². The van der Waals surface area contributed by atoms with E-state index in [1.165, 1.54) is 11.1 Å². The second kappa shape index (κ2) is 8.71. The Morgan fingerprint density at radius 1 is 0.966 bits per heavy atom. The molecule has 0 aliphatic carbocycles. The van der Waals surface area contributed by atoms with Gasteiger partial charge in [-0.1, -0.05) is 31.2 Å². The lowest BCUT2D eigenvalue weighted by atomic mass is 9.90. The second-order valence-corrected chi connectivity index (χ2v) is 7.68. The van der Waals surface area contributed by atoms with Crippen LogP contribution in [0, 0.1) is 0 Å². The Morgan fingerprint density at radius 2 is 1.76 bits per heavy atom. The Morgan fingerprint density at radius 3 is 2.52 bits per heavy atom. The monoisotopic (exact) mass is 400 g/mol. The lowest BCUT2D eigenvalue weighted by Gasteiger charge is -2.36. The molecule has 29 heavy (non-hydrogen) atoms. The van der Waals surface area contributed by atoms with E-state index < -0.39 is 18.3 Å². The van der Waals surface area contributed by atoms with Crippen molar-refractivity contribution in [2.75, 3.05) is 19.8 Å². The van der Waals surface area contributed by atoms with Gasteiger partial charge in [-0.2, -0.15) is 0 Å². The fraction of sp³-hybridized carbons (Fsp3) is 0.478. The number of fused-ring (bicyclic) bond motifs is 1. The van der Waals surface area contributed by atoms with Crippen molar-refractivity contribution >= 4 is 0 Å². The summed E-state index contributed by atoms with van der Waals surface area (Å²) in [6.45, 7) is 2.93. The zero-order valence-electron chi connectivity index (χ0n) is 16.6. The Balaban J connectivity index is 1.59. The number of rotatable bonds is 5. The lowest BCUT2D eigenvalue weighted by Crippen LogP contribution is -2.47. The van der Waals surface area contributed by atoms with Gasteiger partial charge in [-0.25, -0.2) is 0 Å². The molecule has 2 heterocycles. The predicted molar refractivity (Wildman–Crippen MR) is 107 cm³/mol. The second-order valence-electron chi connectivity index (χ2n) is 7.68. The van der Waals surface area contributed by atoms with Crippen LogP contribution in [0.2, 0.25) is 0 Å². The average Bonchev–Trinajstić information content (AvgIpc) is 2.75. The van der Waals surface area contributed by atoms with E-state index in [0.29, 0.717) is 19.6 Å². The molecule has 0 amide bonds. The van der Waals surface area contributed by atoms with Crippen LogP contribution in [0.15, 0.2) is 36.4 Å². The topological polar surface area (TPSA) is 88.4 Å². The standard InChI is InChI=1S/C23H28O6/c1-2-15-4-5-16(20-12-18(25)23(26)22(13-24)29-20)11-17(15)9-14-3-6-19-21(10-14)28-8-7-27-19/h3-6,10-11,18,20,22-26H,2,7-9,12-13H2,1H3/t18-,20-,22-,23+/m1/s1. The normalized spacial score (nSPS) is 26.3. The lowest BCUT2D eigenvalue weighted by molar-refractivity contribution is -0.181. The summed E-state index contributed by atoms with van der Waals surface area (Å²) in [7, 11) is 0. The van der Waals surface area contributed by atoms with Crippen LogP contribution in [0.25, 0.3) is 0 Å². The van der Waals surface area contributed by atoms with Gasteiger partial charge in [0.15, 0.2) is 11.5 Å². The maximum Gasteiger partial charge on any atom is 0.161 e. The highest BCUT2D eigenvalue weighted by Crippen LogP contribution is 2.35. The summed E-state index contributed by atoms with van der Waals surface area (Å²) in [4.78, 5) is 0. The molecule has 0 radical (unpaired) electrons. The van der Waals surface area contributed by atoms with Gasteiger partial charge in [0.2, 0.25) is 0 Å². The van der Waals surface area contributed by atoms with Crippen LogP contribution in [0.3, 0.4) is 0 Å². The zero-order valence-corrected chi connectivity index (χ0v) is 16.6. The van der Waals surface area contributed by atoms with Gasteiger partial charge < -0.3 is 29.5 Å². The van der Waals surface area contributed by atoms with Gasteiger partial charge in [-0.3, -0.25) is 0 Å². The number of aliphatic hydroxyl groups is 3. The van der Waals surface area contributed by atoms with Gasteiger partial charge in [-0.15, -0.1) is 0 Å².